The Morgan fingerprint density at radius 3 is 2.58 bits per heavy atom. The van der Waals surface area contributed by atoms with Gasteiger partial charge in [0.1, 0.15) is 0 Å². The highest BCUT2D eigenvalue weighted by Gasteiger charge is 2.39. The molecule has 1 saturated carbocycles. The van der Waals surface area contributed by atoms with Crippen LogP contribution in [-0.2, 0) is 11.2 Å². The number of hydrogen-bond donors (Lipinski definition) is 1. The molecule has 0 aromatic heterocycles. The number of alkyl halides is 1. The van der Waals surface area contributed by atoms with Crippen LogP contribution in [0.25, 0.3) is 0 Å². The summed E-state index contributed by atoms with van der Waals surface area (Å²) < 4.78 is 0. The minimum atomic E-state index is 0.139. The molecule has 2 nitrogen and oxygen atoms in total. The molecule has 0 aliphatic heterocycles. The Morgan fingerprint density at radius 2 is 2.05 bits per heavy atom. The molecule has 1 atom stereocenters. The van der Waals surface area contributed by atoms with Gasteiger partial charge in [-0.1, -0.05) is 48.3 Å². The van der Waals surface area contributed by atoms with Crippen LogP contribution in [0.15, 0.2) is 24.3 Å². The molecule has 0 radical (unpaired) electrons. The Kier molecular flexibility index (Phi) is 4.67. The van der Waals surface area contributed by atoms with E-state index in [-0.39, 0.29) is 17.2 Å². The van der Waals surface area contributed by atoms with Crippen molar-refractivity contribution >= 4 is 27.5 Å². The summed E-state index contributed by atoms with van der Waals surface area (Å²) in [5.41, 5.74) is 2.34. The lowest BCUT2D eigenvalue weighted by atomic mass is 9.81. The number of aryl methyl sites for hydroxylation is 1. The highest BCUT2D eigenvalue weighted by Crippen LogP contribution is 2.43. The molecule has 19 heavy (non-hydrogen) atoms. The minimum absolute atomic E-state index is 0.139. The molecule has 0 bridgehead atoms. The van der Waals surface area contributed by atoms with E-state index in [1.165, 1.54) is 5.56 Å². The largest absolute Gasteiger partial charge is 0.326 e. The summed E-state index contributed by atoms with van der Waals surface area (Å²) in [6.45, 7) is 4.40. The predicted octanol–water partition coefficient (Wildman–Crippen LogP) is 4.39. The minimum Gasteiger partial charge on any atom is -0.326 e. The fraction of sp³-hybridized carbons (Fsp3) is 0.562. The molecule has 1 aliphatic carbocycles. The van der Waals surface area contributed by atoms with Crippen LogP contribution in [0.3, 0.4) is 0 Å². The molecule has 0 spiro atoms. The van der Waals surface area contributed by atoms with Crippen LogP contribution in [0, 0.1) is 11.3 Å². The van der Waals surface area contributed by atoms with Crippen molar-refractivity contribution in [1.82, 2.24) is 0 Å². The Morgan fingerprint density at radius 1 is 1.37 bits per heavy atom. The zero-order chi connectivity index (χ0) is 13.9. The number of anilines is 1. The third kappa shape index (κ3) is 3.59. The first-order valence-corrected chi connectivity index (χ1v) is 8.11. The van der Waals surface area contributed by atoms with Crippen molar-refractivity contribution in [2.24, 2.45) is 11.3 Å². The Labute approximate surface area is 124 Å². The van der Waals surface area contributed by atoms with E-state index in [2.05, 4.69) is 47.2 Å². The molecule has 104 valence electrons. The van der Waals surface area contributed by atoms with Crippen LogP contribution in [0.5, 0.6) is 0 Å². The topological polar surface area (TPSA) is 29.1 Å². The van der Waals surface area contributed by atoms with E-state index in [0.717, 1.165) is 36.7 Å². The number of rotatable bonds is 4. The van der Waals surface area contributed by atoms with Gasteiger partial charge in [-0.05, 0) is 42.4 Å². The zero-order valence-electron chi connectivity index (χ0n) is 11.7. The van der Waals surface area contributed by atoms with Crippen molar-refractivity contribution in [2.45, 2.75) is 39.5 Å². The maximum absolute atomic E-state index is 12.3. The molecule has 1 unspecified atom stereocenters. The summed E-state index contributed by atoms with van der Waals surface area (Å²) in [6, 6.07) is 8.16. The van der Waals surface area contributed by atoms with E-state index in [1.54, 1.807) is 0 Å². The second-order valence-electron chi connectivity index (χ2n) is 6.06. The van der Waals surface area contributed by atoms with Gasteiger partial charge in [0.05, 0.1) is 0 Å². The van der Waals surface area contributed by atoms with Crippen molar-refractivity contribution in [3.8, 4) is 0 Å². The van der Waals surface area contributed by atoms with Gasteiger partial charge < -0.3 is 5.32 Å². The highest BCUT2D eigenvalue weighted by molar-refractivity contribution is 9.09. The van der Waals surface area contributed by atoms with Crippen LogP contribution in [0.1, 0.15) is 38.7 Å². The van der Waals surface area contributed by atoms with Crippen molar-refractivity contribution in [3.63, 3.8) is 0 Å². The molecule has 1 amide bonds. The smallest absolute Gasteiger partial charge is 0.228 e. The molecule has 1 N–H and O–H groups in total. The maximum atomic E-state index is 12.3. The molecule has 1 aliphatic rings. The first kappa shape index (κ1) is 14.6. The quantitative estimate of drug-likeness (QED) is 0.818. The van der Waals surface area contributed by atoms with Crippen molar-refractivity contribution in [2.75, 3.05) is 10.6 Å². The first-order chi connectivity index (χ1) is 9.03. The van der Waals surface area contributed by atoms with Crippen molar-refractivity contribution < 1.29 is 4.79 Å². The van der Waals surface area contributed by atoms with Crippen molar-refractivity contribution in [3.05, 3.63) is 29.8 Å². The van der Waals surface area contributed by atoms with E-state index >= 15 is 0 Å². The van der Waals surface area contributed by atoms with Gasteiger partial charge in [-0.15, -0.1) is 0 Å². The second-order valence-corrected chi connectivity index (χ2v) is 6.85. The van der Waals surface area contributed by atoms with Crippen LogP contribution in [0.2, 0.25) is 0 Å². The number of amides is 1. The number of halogens is 1. The van der Waals surface area contributed by atoms with E-state index < -0.39 is 0 Å². The third-order valence-electron chi connectivity index (χ3n) is 4.18. The molecule has 3 heteroatoms. The van der Waals surface area contributed by atoms with Gasteiger partial charge in [0.15, 0.2) is 0 Å². The SMILES string of the molecule is CC1(C)CCCC1C(=O)Nc1ccc(CCBr)cc1. The lowest BCUT2D eigenvalue weighted by Crippen LogP contribution is -2.30. The molecule has 0 heterocycles. The monoisotopic (exact) mass is 323 g/mol. The maximum Gasteiger partial charge on any atom is 0.228 e. The number of hydrogen-bond acceptors (Lipinski definition) is 1. The van der Waals surface area contributed by atoms with Crippen LogP contribution in [0.4, 0.5) is 5.69 Å². The van der Waals surface area contributed by atoms with Crippen LogP contribution >= 0.6 is 15.9 Å². The molecule has 2 rings (SSSR count). The first-order valence-electron chi connectivity index (χ1n) is 6.99. The lowest BCUT2D eigenvalue weighted by molar-refractivity contribution is -0.122. The number of carbonyl (C=O) groups excluding carboxylic acids is 1. The number of benzene rings is 1. The van der Waals surface area contributed by atoms with Crippen LogP contribution < -0.4 is 5.32 Å². The Bertz CT molecular complexity index is 439. The summed E-state index contributed by atoms with van der Waals surface area (Å²) >= 11 is 3.43. The van der Waals surface area contributed by atoms with Gasteiger partial charge in [-0.25, -0.2) is 0 Å². The summed E-state index contributed by atoms with van der Waals surface area (Å²) in [4.78, 5) is 12.3. The molecular weight excluding hydrogens is 302 g/mol. The fourth-order valence-corrected chi connectivity index (χ4v) is 3.36. The van der Waals surface area contributed by atoms with Gasteiger partial charge >= 0.3 is 0 Å². The summed E-state index contributed by atoms with van der Waals surface area (Å²) in [7, 11) is 0. The Balaban J connectivity index is 1.99. The second kappa shape index (κ2) is 6.08. The molecular formula is C16H22BrNO. The summed E-state index contributed by atoms with van der Waals surface area (Å²) in [5, 5.41) is 4.03. The predicted molar refractivity (Wildman–Crippen MR) is 83.7 cm³/mol. The van der Waals surface area contributed by atoms with E-state index in [0.29, 0.717) is 0 Å². The molecule has 1 fully saturated rings. The van der Waals surface area contributed by atoms with Gasteiger partial charge in [0, 0.05) is 16.9 Å². The number of nitrogens with one attached hydrogen (secondary N) is 1. The summed E-state index contributed by atoms with van der Waals surface area (Å²) in [6.07, 6.45) is 4.34. The fourth-order valence-electron chi connectivity index (χ4n) is 2.91. The average Bonchev–Trinajstić information content (AvgIpc) is 2.72. The molecule has 1 aromatic carbocycles. The van der Waals surface area contributed by atoms with Crippen molar-refractivity contribution in [1.29, 1.82) is 0 Å². The highest BCUT2D eigenvalue weighted by atomic mass is 79.9. The van der Waals surface area contributed by atoms with Gasteiger partial charge in [-0.2, -0.15) is 0 Å². The molecule has 0 saturated heterocycles. The lowest BCUT2D eigenvalue weighted by Gasteiger charge is -2.25. The van der Waals surface area contributed by atoms with Crippen LogP contribution in [-0.4, -0.2) is 11.2 Å². The third-order valence-corrected chi connectivity index (χ3v) is 4.57. The normalized spacial score (nSPS) is 21.3. The van der Waals surface area contributed by atoms with E-state index in [4.69, 9.17) is 0 Å². The van der Waals surface area contributed by atoms with E-state index in [1.807, 2.05) is 12.1 Å². The van der Waals surface area contributed by atoms with Gasteiger partial charge in [-0.3, -0.25) is 4.79 Å². The van der Waals surface area contributed by atoms with Gasteiger partial charge in [0.2, 0.25) is 5.91 Å². The average molecular weight is 324 g/mol. The number of carbonyl (C=O) groups is 1. The van der Waals surface area contributed by atoms with E-state index in [9.17, 15) is 4.79 Å². The standard InChI is InChI=1S/C16H22BrNO/c1-16(2)10-3-4-14(16)15(19)18-13-7-5-12(6-8-13)9-11-17/h5-8,14H,3-4,9-11H2,1-2H3,(H,18,19). The zero-order valence-corrected chi connectivity index (χ0v) is 13.3. The molecule has 1 aromatic rings. The Hall–Kier alpha value is -0.830. The summed E-state index contributed by atoms with van der Waals surface area (Å²) in [5.74, 6) is 0.324. The van der Waals surface area contributed by atoms with Gasteiger partial charge in [0.25, 0.3) is 0 Å².